The van der Waals surface area contributed by atoms with Crippen molar-refractivity contribution in [3.63, 3.8) is 0 Å². The molecule has 0 amide bonds. The molecule has 0 saturated carbocycles. The van der Waals surface area contributed by atoms with Crippen molar-refractivity contribution in [1.29, 1.82) is 0 Å². The summed E-state index contributed by atoms with van der Waals surface area (Å²) in [7, 11) is 0. The monoisotopic (exact) mass is 488 g/mol. The van der Waals surface area contributed by atoms with Gasteiger partial charge in [0.05, 0.1) is 23.1 Å². The number of benzene rings is 2. The Morgan fingerprint density at radius 1 is 0.735 bits per heavy atom. The molecule has 0 aromatic heterocycles. The smallest absolute Gasteiger partial charge is 0.343 e. The van der Waals surface area contributed by atoms with Crippen molar-refractivity contribution in [2.75, 3.05) is 13.2 Å². The minimum atomic E-state index is -0.475. The number of carbonyl (C=O) groups excluding carboxylic acids is 2. The van der Waals surface area contributed by atoms with E-state index in [4.69, 9.17) is 25.8 Å². The van der Waals surface area contributed by atoms with Gasteiger partial charge in [0.2, 0.25) is 0 Å². The van der Waals surface area contributed by atoms with Crippen LogP contribution in [0.4, 0.5) is 0 Å². The zero-order valence-corrected chi connectivity index (χ0v) is 21.1. The molecule has 5 nitrogen and oxygen atoms in total. The van der Waals surface area contributed by atoms with Crippen molar-refractivity contribution < 1.29 is 23.8 Å². The maximum atomic E-state index is 12.4. The quantitative estimate of drug-likeness (QED) is 0.105. The zero-order valence-electron chi connectivity index (χ0n) is 20.4. The van der Waals surface area contributed by atoms with Crippen molar-refractivity contribution in [3.05, 3.63) is 59.7 Å². The van der Waals surface area contributed by atoms with Crippen LogP contribution < -0.4 is 9.47 Å². The van der Waals surface area contributed by atoms with E-state index in [1.54, 1.807) is 55.5 Å². The molecule has 0 saturated heterocycles. The fourth-order valence-electron chi connectivity index (χ4n) is 3.39. The third-order valence-corrected chi connectivity index (χ3v) is 5.48. The van der Waals surface area contributed by atoms with Crippen LogP contribution in [-0.4, -0.2) is 30.5 Å². The predicted molar refractivity (Wildman–Crippen MR) is 136 cm³/mol. The van der Waals surface area contributed by atoms with E-state index in [1.807, 2.05) is 0 Å². The molecule has 6 heteroatoms. The summed E-state index contributed by atoms with van der Waals surface area (Å²) in [6, 6.07) is 13.1. The molecule has 34 heavy (non-hydrogen) atoms. The van der Waals surface area contributed by atoms with E-state index in [-0.39, 0.29) is 12.0 Å². The minimum absolute atomic E-state index is 0.135. The predicted octanol–water partition coefficient (Wildman–Crippen LogP) is 7.60. The molecule has 0 heterocycles. The molecule has 0 spiro atoms. The highest BCUT2D eigenvalue weighted by molar-refractivity contribution is 6.20. The molecule has 2 aromatic carbocycles. The third-order valence-electron chi connectivity index (χ3n) is 5.35. The van der Waals surface area contributed by atoms with Crippen molar-refractivity contribution in [1.82, 2.24) is 0 Å². The summed E-state index contributed by atoms with van der Waals surface area (Å²) in [5.41, 5.74) is 0.792. The molecule has 2 aromatic rings. The Morgan fingerprint density at radius 2 is 1.24 bits per heavy atom. The van der Waals surface area contributed by atoms with Gasteiger partial charge in [-0.1, -0.05) is 58.3 Å². The lowest BCUT2D eigenvalue weighted by molar-refractivity contribution is 0.0508. The van der Waals surface area contributed by atoms with E-state index in [0.717, 1.165) is 12.2 Å². The maximum absolute atomic E-state index is 12.4. The Kier molecular flexibility index (Phi) is 13.2. The summed E-state index contributed by atoms with van der Waals surface area (Å²) in [6.45, 7) is 4.80. The Bertz CT molecular complexity index is 846. The molecule has 0 aliphatic carbocycles. The van der Waals surface area contributed by atoms with Crippen molar-refractivity contribution in [3.8, 4) is 11.5 Å². The van der Waals surface area contributed by atoms with E-state index in [2.05, 4.69) is 6.92 Å². The number of ether oxygens (including phenoxy) is 3. The first-order valence-electron chi connectivity index (χ1n) is 12.4. The lowest BCUT2D eigenvalue weighted by Gasteiger charge is -2.09. The van der Waals surface area contributed by atoms with Crippen molar-refractivity contribution in [2.24, 2.45) is 0 Å². The molecule has 0 radical (unpaired) electrons. The van der Waals surface area contributed by atoms with Crippen LogP contribution in [0.3, 0.4) is 0 Å². The average Bonchev–Trinajstić information content (AvgIpc) is 2.84. The first-order chi connectivity index (χ1) is 16.5. The molecule has 1 atom stereocenters. The Balaban J connectivity index is 1.67. The number of carbonyl (C=O) groups is 2. The van der Waals surface area contributed by atoms with E-state index in [0.29, 0.717) is 23.5 Å². The van der Waals surface area contributed by atoms with Gasteiger partial charge in [-0.15, -0.1) is 11.6 Å². The maximum Gasteiger partial charge on any atom is 0.343 e. The molecule has 0 N–H and O–H groups in total. The number of halogens is 1. The summed E-state index contributed by atoms with van der Waals surface area (Å²) >= 11 is 5.78. The second-order valence-corrected chi connectivity index (χ2v) is 9.24. The van der Waals surface area contributed by atoms with Crippen molar-refractivity contribution in [2.45, 2.75) is 77.0 Å². The SMILES string of the molecule is CCCCCCCCCCCOc1ccc(C(=O)Oc2ccc(C(=O)OC[C@@H](C)Cl)cc2)cc1. The second kappa shape index (κ2) is 16.2. The van der Waals surface area contributed by atoms with Crippen LogP contribution >= 0.6 is 11.6 Å². The topological polar surface area (TPSA) is 61.8 Å². The van der Waals surface area contributed by atoms with Gasteiger partial charge in [0.15, 0.2) is 0 Å². The highest BCUT2D eigenvalue weighted by Crippen LogP contribution is 2.18. The number of unbranched alkanes of at least 4 members (excludes halogenated alkanes) is 8. The standard InChI is InChI=1S/C28H37ClO5/c1-3-4-5-6-7-8-9-10-11-20-32-25-16-12-24(13-17-25)28(31)34-26-18-14-23(15-19-26)27(30)33-21-22(2)29/h12-19,22H,3-11,20-21H2,1-2H3/t22-/m1/s1. The van der Waals surface area contributed by atoms with Gasteiger partial charge in [0, 0.05) is 0 Å². The minimum Gasteiger partial charge on any atom is -0.494 e. The van der Waals surface area contributed by atoms with Gasteiger partial charge in [-0.3, -0.25) is 0 Å². The molecule has 0 fully saturated rings. The number of rotatable bonds is 16. The lowest BCUT2D eigenvalue weighted by Crippen LogP contribution is -2.12. The summed E-state index contributed by atoms with van der Waals surface area (Å²) < 4.78 is 16.2. The first-order valence-corrected chi connectivity index (χ1v) is 12.8. The highest BCUT2D eigenvalue weighted by Gasteiger charge is 2.12. The van der Waals surface area contributed by atoms with Gasteiger partial charge in [-0.25, -0.2) is 9.59 Å². The number of alkyl halides is 1. The van der Waals surface area contributed by atoms with Gasteiger partial charge in [-0.2, -0.15) is 0 Å². The molecule has 0 bridgehead atoms. The highest BCUT2D eigenvalue weighted by atomic mass is 35.5. The second-order valence-electron chi connectivity index (χ2n) is 8.49. The summed E-state index contributed by atoms with van der Waals surface area (Å²) in [4.78, 5) is 24.3. The first kappa shape index (κ1) is 27.7. The van der Waals surface area contributed by atoms with Crippen LogP contribution in [0.1, 0.15) is 92.4 Å². The molecular weight excluding hydrogens is 452 g/mol. The van der Waals surface area contributed by atoms with Crippen LogP contribution in [0, 0.1) is 0 Å². The molecule has 0 unspecified atom stereocenters. The van der Waals surface area contributed by atoms with E-state index in [1.165, 1.54) is 51.4 Å². The number of hydrogen-bond acceptors (Lipinski definition) is 5. The van der Waals surface area contributed by atoms with Crippen LogP contribution in [-0.2, 0) is 4.74 Å². The molecule has 0 aliphatic rings. The lowest BCUT2D eigenvalue weighted by atomic mass is 10.1. The Hall–Kier alpha value is -2.53. The van der Waals surface area contributed by atoms with Gasteiger partial charge >= 0.3 is 11.9 Å². The number of hydrogen-bond donors (Lipinski definition) is 0. The number of esters is 2. The van der Waals surface area contributed by atoms with Gasteiger partial charge < -0.3 is 14.2 Å². The summed E-state index contributed by atoms with van der Waals surface area (Å²) in [5, 5.41) is -0.254. The van der Waals surface area contributed by atoms with E-state index < -0.39 is 11.9 Å². The van der Waals surface area contributed by atoms with Gasteiger partial charge in [0.1, 0.15) is 18.1 Å². The van der Waals surface area contributed by atoms with Gasteiger partial charge in [-0.05, 0) is 61.9 Å². The largest absolute Gasteiger partial charge is 0.494 e. The van der Waals surface area contributed by atoms with Crippen LogP contribution in [0.5, 0.6) is 11.5 Å². The van der Waals surface area contributed by atoms with Crippen LogP contribution in [0.2, 0.25) is 0 Å². The Morgan fingerprint density at radius 3 is 1.79 bits per heavy atom. The third kappa shape index (κ3) is 11.1. The normalized spacial score (nSPS) is 11.6. The van der Waals surface area contributed by atoms with Gasteiger partial charge in [0.25, 0.3) is 0 Å². The summed E-state index contributed by atoms with van der Waals surface area (Å²) in [5.74, 6) is 0.142. The molecule has 186 valence electrons. The Labute approximate surface area is 208 Å². The van der Waals surface area contributed by atoms with Crippen LogP contribution in [0.15, 0.2) is 48.5 Å². The molecule has 2 rings (SSSR count). The zero-order chi connectivity index (χ0) is 24.6. The summed E-state index contributed by atoms with van der Waals surface area (Å²) in [6.07, 6.45) is 11.5. The molecule has 0 aliphatic heterocycles. The van der Waals surface area contributed by atoms with E-state index >= 15 is 0 Å². The van der Waals surface area contributed by atoms with Crippen molar-refractivity contribution >= 4 is 23.5 Å². The molecular formula is C28H37ClO5. The fraction of sp³-hybridized carbons (Fsp3) is 0.500. The van der Waals surface area contributed by atoms with Crippen LogP contribution in [0.25, 0.3) is 0 Å². The fourth-order valence-corrected chi connectivity index (χ4v) is 3.45. The average molecular weight is 489 g/mol. The van der Waals surface area contributed by atoms with E-state index in [9.17, 15) is 9.59 Å².